The van der Waals surface area contributed by atoms with Crippen molar-refractivity contribution < 1.29 is 14.3 Å². The van der Waals surface area contributed by atoms with Crippen LogP contribution in [0.3, 0.4) is 0 Å². The third kappa shape index (κ3) is 4.93. The van der Waals surface area contributed by atoms with E-state index in [4.69, 9.17) is 9.47 Å². The van der Waals surface area contributed by atoms with Gasteiger partial charge in [0.05, 0.1) is 24.2 Å². The maximum atomic E-state index is 12.9. The number of fused-ring (bicyclic) bond motifs is 1. The number of aromatic nitrogens is 2. The summed E-state index contributed by atoms with van der Waals surface area (Å²) in [6.45, 7) is 5.11. The highest BCUT2D eigenvalue weighted by Crippen LogP contribution is 2.21. The van der Waals surface area contributed by atoms with E-state index in [0.29, 0.717) is 19.2 Å². The van der Waals surface area contributed by atoms with E-state index in [1.54, 1.807) is 0 Å². The van der Waals surface area contributed by atoms with Crippen molar-refractivity contribution in [3.8, 4) is 6.01 Å². The lowest BCUT2D eigenvalue weighted by atomic mass is 10.1. The van der Waals surface area contributed by atoms with Gasteiger partial charge in [0.25, 0.3) is 0 Å². The van der Waals surface area contributed by atoms with Crippen molar-refractivity contribution in [2.75, 3.05) is 46.0 Å². The molecule has 1 amide bonds. The van der Waals surface area contributed by atoms with Gasteiger partial charge in [-0.3, -0.25) is 4.90 Å². The number of benzene rings is 2. The molecule has 2 aromatic carbocycles. The fraction of sp³-hybridized carbons (Fsp3) is 0.364. The molecule has 1 aliphatic heterocycles. The van der Waals surface area contributed by atoms with E-state index < -0.39 is 0 Å². The van der Waals surface area contributed by atoms with E-state index >= 15 is 0 Å². The highest BCUT2D eigenvalue weighted by molar-refractivity contribution is 5.90. The fourth-order valence-electron chi connectivity index (χ4n) is 3.43. The Hall–Kier alpha value is -2.90. The molecule has 29 heavy (non-hydrogen) atoms. The summed E-state index contributed by atoms with van der Waals surface area (Å²) in [7, 11) is 0. The Morgan fingerprint density at radius 2 is 1.83 bits per heavy atom. The molecule has 0 radical (unpaired) electrons. The molecule has 1 aromatic heterocycles. The van der Waals surface area contributed by atoms with Crippen molar-refractivity contribution >= 4 is 17.1 Å². The number of amides is 1. The molecule has 2 heterocycles. The third-order valence-electron chi connectivity index (χ3n) is 5.01. The topological polar surface area (TPSA) is 68.6 Å². The molecule has 3 aromatic rings. The predicted molar refractivity (Wildman–Crippen MR) is 111 cm³/mol. The number of nitrogens with one attached hydrogen (secondary N) is 1. The Labute approximate surface area is 170 Å². The summed E-state index contributed by atoms with van der Waals surface area (Å²) in [5, 5.41) is 2.98. The zero-order valence-corrected chi connectivity index (χ0v) is 16.4. The highest BCUT2D eigenvalue weighted by atomic mass is 16.5. The predicted octanol–water partition coefficient (Wildman–Crippen LogP) is 2.55. The molecule has 152 valence electrons. The van der Waals surface area contributed by atoms with E-state index in [0.717, 1.165) is 50.3 Å². The number of carbonyl (C=O) groups excluding carboxylic acids is 1. The molecule has 0 atom stereocenters. The smallest absolute Gasteiger partial charge is 0.330 e. The van der Waals surface area contributed by atoms with Crippen molar-refractivity contribution in [3.63, 3.8) is 0 Å². The molecule has 0 spiro atoms. The first-order valence-corrected chi connectivity index (χ1v) is 10.0. The van der Waals surface area contributed by atoms with E-state index in [9.17, 15) is 4.79 Å². The lowest BCUT2D eigenvalue weighted by Crippen LogP contribution is -2.39. The van der Waals surface area contributed by atoms with E-state index in [2.05, 4.69) is 27.3 Å². The van der Waals surface area contributed by atoms with Gasteiger partial charge >= 0.3 is 12.0 Å². The zero-order valence-electron chi connectivity index (χ0n) is 16.4. The van der Waals surface area contributed by atoms with Gasteiger partial charge in [0.15, 0.2) is 0 Å². The maximum absolute atomic E-state index is 12.9. The van der Waals surface area contributed by atoms with Gasteiger partial charge in [-0.15, -0.1) is 0 Å². The van der Waals surface area contributed by atoms with Crippen LogP contribution in [0.4, 0.5) is 4.79 Å². The molecule has 0 bridgehead atoms. The minimum Gasteiger partial charge on any atom is -0.463 e. The lowest BCUT2D eigenvalue weighted by molar-refractivity contribution is 0.0316. The van der Waals surface area contributed by atoms with Crippen LogP contribution in [-0.4, -0.2) is 66.5 Å². The van der Waals surface area contributed by atoms with Crippen LogP contribution in [-0.2, 0) is 11.2 Å². The first-order chi connectivity index (χ1) is 14.3. The summed E-state index contributed by atoms with van der Waals surface area (Å²) >= 11 is 0. The Bertz CT molecular complexity index is 936. The summed E-state index contributed by atoms with van der Waals surface area (Å²) in [5.41, 5.74) is 2.67. The number of carbonyl (C=O) groups is 1. The first kappa shape index (κ1) is 19.4. The number of morpholine rings is 1. The number of ether oxygens (including phenoxy) is 2. The van der Waals surface area contributed by atoms with Crippen LogP contribution >= 0.6 is 0 Å². The Balaban J connectivity index is 1.42. The third-order valence-corrected chi connectivity index (χ3v) is 5.01. The molecule has 7 heteroatoms. The van der Waals surface area contributed by atoms with Crippen LogP contribution in [0.15, 0.2) is 54.6 Å². The SMILES string of the molecule is O=C(NCCc1ccccc1)n1c(OCCN2CCOCC2)nc2ccccc21. The highest BCUT2D eigenvalue weighted by Gasteiger charge is 2.18. The largest absolute Gasteiger partial charge is 0.463 e. The molecular formula is C22H26N4O3. The summed E-state index contributed by atoms with van der Waals surface area (Å²) in [6, 6.07) is 17.8. The summed E-state index contributed by atoms with van der Waals surface area (Å²) in [4.78, 5) is 19.7. The quantitative estimate of drug-likeness (QED) is 0.667. The summed E-state index contributed by atoms with van der Waals surface area (Å²) in [6.07, 6.45) is 0.770. The van der Waals surface area contributed by atoms with Crippen LogP contribution in [0.25, 0.3) is 11.0 Å². The minimum atomic E-state index is -0.226. The molecule has 1 aliphatic rings. The van der Waals surface area contributed by atoms with Crippen LogP contribution in [0.1, 0.15) is 5.56 Å². The summed E-state index contributed by atoms with van der Waals surface area (Å²) in [5.74, 6) is 0. The normalized spacial score (nSPS) is 14.8. The average molecular weight is 394 g/mol. The number of nitrogens with zero attached hydrogens (tertiary/aromatic N) is 3. The van der Waals surface area contributed by atoms with Crippen molar-refractivity contribution in [2.45, 2.75) is 6.42 Å². The maximum Gasteiger partial charge on any atom is 0.330 e. The molecule has 0 saturated carbocycles. The van der Waals surface area contributed by atoms with Gasteiger partial charge in [0, 0.05) is 26.2 Å². The molecule has 1 fully saturated rings. The fourth-order valence-corrected chi connectivity index (χ4v) is 3.43. The number of imidazole rings is 1. The second-order valence-corrected chi connectivity index (χ2v) is 6.99. The monoisotopic (exact) mass is 394 g/mol. The van der Waals surface area contributed by atoms with Crippen molar-refractivity contribution in [1.29, 1.82) is 0 Å². The van der Waals surface area contributed by atoms with Gasteiger partial charge in [-0.2, -0.15) is 4.98 Å². The van der Waals surface area contributed by atoms with Crippen molar-refractivity contribution in [2.24, 2.45) is 0 Å². The molecule has 0 aliphatic carbocycles. The molecule has 4 rings (SSSR count). The average Bonchev–Trinajstić information content (AvgIpc) is 3.13. The second kappa shape index (κ2) is 9.54. The van der Waals surface area contributed by atoms with Gasteiger partial charge in [0.2, 0.25) is 0 Å². The lowest BCUT2D eigenvalue weighted by Gasteiger charge is -2.26. The van der Waals surface area contributed by atoms with Crippen LogP contribution in [0.2, 0.25) is 0 Å². The van der Waals surface area contributed by atoms with Crippen molar-refractivity contribution in [1.82, 2.24) is 19.8 Å². The van der Waals surface area contributed by atoms with Crippen LogP contribution in [0.5, 0.6) is 6.01 Å². The Morgan fingerprint density at radius 1 is 1.07 bits per heavy atom. The van der Waals surface area contributed by atoms with Crippen molar-refractivity contribution in [3.05, 3.63) is 60.2 Å². The number of hydrogen-bond acceptors (Lipinski definition) is 5. The standard InChI is InChI=1S/C22H26N4O3/c27-21(23-11-10-18-6-2-1-3-7-18)26-20-9-5-4-8-19(20)24-22(26)29-17-14-25-12-15-28-16-13-25/h1-9H,10-17H2,(H,23,27). The zero-order chi connectivity index (χ0) is 19.9. The van der Waals surface area contributed by atoms with E-state index in [-0.39, 0.29) is 6.03 Å². The molecule has 1 saturated heterocycles. The van der Waals surface area contributed by atoms with E-state index in [1.807, 2.05) is 42.5 Å². The molecule has 7 nitrogen and oxygen atoms in total. The molecular weight excluding hydrogens is 368 g/mol. The van der Waals surface area contributed by atoms with Gasteiger partial charge in [-0.05, 0) is 24.1 Å². The summed E-state index contributed by atoms with van der Waals surface area (Å²) < 4.78 is 12.8. The Kier molecular flexibility index (Phi) is 6.38. The van der Waals surface area contributed by atoms with Gasteiger partial charge in [0.1, 0.15) is 6.61 Å². The Morgan fingerprint density at radius 3 is 2.66 bits per heavy atom. The number of rotatable bonds is 7. The van der Waals surface area contributed by atoms with E-state index in [1.165, 1.54) is 10.1 Å². The van der Waals surface area contributed by atoms with Gasteiger partial charge < -0.3 is 14.8 Å². The number of hydrogen-bond donors (Lipinski definition) is 1. The van der Waals surface area contributed by atoms with Crippen LogP contribution < -0.4 is 10.1 Å². The van der Waals surface area contributed by atoms with Gasteiger partial charge in [-0.25, -0.2) is 9.36 Å². The van der Waals surface area contributed by atoms with Gasteiger partial charge in [-0.1, -0.05) is 42.5 Å². The second-order valence-electron chi connectivity index (χ2n) is 6.99. The molecule has 0 unspecified atom stereocenters. The minimum absolute atomic E-state index is 0.226. The molecule has 1 N–H and O–H groups in total. The first-order valence-electron chi connectivity index (χ1n) is 10.0. The number of para-hydroxylation sites is 2. The van der Waals surface area contributed by atoms with Crippen LogP contribution in [0, 0.1) is 0 Å².